The molecule has 0 bridgehead atoms. The second-order valence-corrected chi connectivity index (χ2v) is 7.04. The van der Waals surface area contributed by atoms with Crippen LogP contribution in [-0.4, -0.2) is 54.4 Å². The van der Waals surface area contributed by atoms with Gasteiger partial charge in [-0.05, 0) is 49.9 Å². The van der Waals surface area contributed by atoms with Crippen LogP contribution in [0.4, 0.5) is 0 Å². The highest BCUT2D eigenvalue weighted by Crippen LogP contribution is 2.21. The highest BCUT2D eigenvalue weighted by atomic mass is 16.5. The normalized spacial score (nSPS) is 20.6. The van der Waals surface area contributed by atoms with Gasteiger partial charge in [-0.15, -0.1) is 0 Å². The van der Waals surface area contributed by atoms with Crippen molar-refractivity contribution in [1.82, 2.24) is 9.80 Å². The van der Waals surface area contributed by atoms with Crippen molar-refractivity contribution < 1.29 is 14.3 Å². The first-order chi connectivity index (χ1) is 12.2. The van der Waals surface area contributed by atoms with Gasteiger partial charge in [0.25, 0.3) is 5.91 Å². The van der Waals surface area contributed by atoms with Crippen LogP contribution in [0.5, 0.6) is 5.75 Å². The van der Waals surface area contributed by atoms with Gasteiger partial charge in [-0.2, -0.15) is 0 Å². The van der Waals surface area contributed by atoms with Crippen LogP contribution < -0.4 is 4.74 Å². The number of benzene rings is 1. The Labute approximate surface area is 149 Å². The minimum atomic E-state index is 0.116. The van der Waals surface area contributed by atoms with Crippen LogP contribution in [-0.2, 0) is 4.79 Å². The molecule has 0 unspecified atom stereocenters. The Morgan fingerprint density at radius 1 is 1.04 bits per heavy atom. The minimum absolute atomic E-state index is 0.116. The van der Waals surface area contributed by atoms with Crippen molar-refractivity contribution in [3.63, 3.8) is 0 Å². The molecule has 1 atom stereocenters. The molecule has 0 aliphatic carbocycles. The third-order valence-corrected chi connectivity index (χ3v) is 5.15. The number of amides is 2. The van der Waals surface area contributed by atoms with Crippen LogP contribution >= 0.6 is 0 Å². The van der Waals surface area contributed by atoms with E-state index in [0.29, 0.717) is 18.9 Å². The maximum Gasteiger partial charge on any atom is 0.253 e. The van der Waals surface area contributed by atoms with E-state index >= 15 is 0 Å². The number of nitrogens with zero attached hydrogens (tertiary/aromatic N) is 2. The van der Waals surface area contributed by atoms with Gasteiger partial charge in [-0.25, -0.2) is 0 Å². The number of piperidine rings is 1. The summed E-state index contributed by atoms with van der Waals surface area (Å²) < 4.78 is 5.90. The third kappa shape index (κ3) is 4.53. The molecule has 2 amide bonds. The summed E-state index contributed by atoms with van der Waals surface area (Å²) in [7, 11) is 0. The first-order valence-corrected chi connectivity index (χ1v) is 9.47. The summed E-state index contributed by atoms with van der Waals surface area (Å²) in [6.07, 6.45) is 4.92. The van der Waals surface area contributed by atoms with Gasteiger partial charge in [-0.3, -0.25) is 9.59 Å². The minimum Gasteiger partial charge on any atom is -0.493 e. The zero-order chi connectivity index (χ0) is 17.6. The maximum atomic E-state index is 12.3. The summed E-state index contributed by atoms with van der Waals surface area (Å²) >= 11 is 0. The molecule has 2 aliphatic rings. The van der Waals surface area contributed by atoms with Crippen molar-refractivity contribution >= 4 is 11.8 Å². The molecule has 2 saturated heterocycles. The van der Waals surface area contributed by atoms with Crippen LogP contribution in [0, 0.1) is 5.92 Å². The first-order valence-electron chi connectivity index (χ1n) is 9.47. The Kier molecular flexibility index (Phi) is 5.95. The van der Waals surface area contributed by atoms with Gasteiger partial charge in [0.05, 0.1) is 6.61 Å². The van der Waals surface area contributed by atoms with Gasteiger partial charge < -0.3 is 14.5 Å². The van der Waals surface area contributed by atoms with Crippen molar-refractivity contribution in [2.45, 2.75) is 39.0 Å². The fourth-order valence-corrected chi connectivity index (χ4v) is 3.66. The van der Waals surface area contributed by atoms with E-state index in [-0.39, 0.29) is 11.8 Å². The van der Waals surface area contributed by atoms with Gasteiger partial charge in [0, 0.05) is 44.1 Å². The van der Waals surface area contributed by atoms with E-state index in [0.717, 1.165) is 63.2 Å². The summed E-state index contributed by atoms with van der Waals surface area (Å²) in [4.78, 5) is 28.1. The molecule has 2 aliphatic heterocycles. The largest absolute Gasteiger partial charge is 0.493 e. The lowest BCUT2D eigenvalue weighted by Gasteiger charge is -2.32. The molecule has 0 radical (unpaired) electrons. The Balaban J connectivity index is 1.50. The number of hydrogen-bond acceptors (Lipinski definition) is 3. The smallest absolute Gasteiger partial charge is 0.253 e. The molecule has 2 heterocycles. The average molecular weight is 344 g/mol. The van der Waals surface area contributed by atoms with Gasteiger partial charge in [0.1, 0.15) is 5.75 Å². The van der Waals surface area contributed by atoms with Crippen molar-refractivity contribution in [1.29, 1.82) is 0 Å². The third-order valence-electron chi connectivity index (χ3n) is 5.15. The highest BCUT2D eigenvalue weighted by molar-refractivity contribution is 5.94. The number of carbonyl (C=O) groups excluding carboxylic acids is 2. The quantitative estimate of drug-likeness (QED) is 0.825. The zero-order valence-corrected chi connectivity index (χ0v) is 15.1. The standard InChI is InChI=1S/C20H28N2O3/c1-2-19(23)22-13-5-6-16(14-22)15-25-18-9-7-17(8-10-18)20(24)21-11-3-4-12-21/h7-10,16H,2-6,11-15H2,1H3/t16-/m1/s1. The zero-order valence-electron chi connectivity index (χ0n) is 15.1. The highest BCUT2D eigenvalue weighted by Gasteiger charge is 2.23. The van der Waals surface area contributed by atoms with E-state index in [9.17, 15) is 9.59 Å². The fourth-order valence-electron chi connectivity index (χ4n) is 3.66. The number of carbonyl (C=O) groups is 2. The maximum absolute atomic E-state index is 12.3. The van der Waals surface area contributed by atoms with Crippen molar-refractivity contribution in [2.24, 2.45) is 5.92 Å². The molecule has 1 aromatic carbocycles. The van der Waals surface area contributed by atoms with Gasteiger partial charge >= 0.3 is 0 Å². The molecule has 1 aromatic rings. The van der Waals surface area contributed by atoms with Crippen molar-refractivity contribution in [3.05, 3.63) is 29.8 Å². The molecule has 136 valence electrons. The number of hydrogen-bond donors (Lipinski definition) is 0. The Bertz CT molecular complexity index is 593. The van der Waals surface area contributed by atoms with Gasteiger partial charge in [0.2, 0.25) is 5.91 Å². The van der Waals surface area contributed by atoms with Crippen molar-refractivity contribution in [3.8, 4) is 5.75 Å². The van der Waals surface area contributed by atoms with E-state index in [1.165, 1.54) is 0 Å². The topological polar surface area (TPSA) is 49.9 Å². The summed E-state index contributed by atoms with van der Waals surface area (Å²) in [5.41, 5.74) is 0.728. The molecular weight excluding hydrogens is 316 g/mol. The molecule has 0 spiro atoms. The predicted octanol–water partition coefficient (Wildman–Crippen LogP) is 2.95. The monoisotopic (exact) mass is 344 g/mol. The van der Waals surface area contributed by atoms with Crippen LogP contribution in [0.2, 0.25) is 0 Å². The number of likely N-dealkylation sites (tertiary alicyclic amines) is 2. The SMILES string of the molecule is CCC(=O)N1CCC[C@@H](COc2ccc(C(=O)N3CCCC3)cc2)C1. The molecular formula is C20H28N2O3. The molecule has 5 nitrogen and oxygen atoms in total. The van der Waals surface area contributed by atoms with Crippen molar-refractivity contribution in [2.75, 3.05) is 32.8 Å². The second kappa shape index (κ2) is 8.37. The number of ether oxygens (including phenoxy) is 1. The molecule has 0 N–H and O–H groups in total. The van der Waals surface area contributed by atoms with E-state index in [1.54, 1.807) is 0 Å². The van der Waals surface area contributed by atoms with E-state index in [4.69, 9.17) is 4.74 Å². The summed E-state index contributed by atoms with van der Waals surface area (Å²) in [6, 6.07) is 7.45. The van der Waals surface area contributed by atoms with E-state index < -0.39 is 0 Å². The Morgan fingerprint density at radius 3 is 2.40 bits per heavy atom. The van der Waals surface area contributed by atoms with Crippen LogP contribution in [0.15, 0.2) is 24.3 Å². The molecule has 3 rings (SSSR count). The van der Waals surface area contributed by atoms with Crippen LogP contribution in [0.1, 0.15) is 49.4 Å². The molecule has 2 fully saturated rings. The van der Waals surface area contributed by atoms with E-state index in [2.05, 4.69) is 0 Å². The lowest BCUT2D eigenvalue weighted by Crippen LogP contribution is -2.41. The molecule has 25 heavy (non-hydrogen) atoms. The predicted molar refractivity (Wildman–Crippen MR) is 96.7 cm³/mol. The fraction of sp³-hybridized carbons (Fsp3) is 0.600. The molecule has 0 saturated carbocycles. The average Bonchev–Trinajstić information content (AvgIpc) is 3.20. The Hall–Kier alpha value is -2.04. The summed E-state index contributed by atoms with van der Waals surface area (Å²) in [6.45, 7) is 5.92. The van der Waals surface area contributed by atoms with E-state index in [1.807, 2.05) is 41.0 Å². The number of rotatable bonds is 5. The second-order valence-electron chi connectivity index (χ2n) is 7.04. The van der Waals surface area contributed by atoms with Crippen LogP contribution in [0.3, 0.4) is 0 Å². The lowest BCUT2D eigenvalue weighted by molar-refractivity contribution is -0.132. The van der Waals surface area contributed by atoms with Crippen LogP contribution in [0.25, 0.3) is 0 Å². The lowest BCUT2D eigenvalue weighted by atomic mass is 9.99. The first kappa shape index (κ1) is 17.8. The summed E-state index contributed by atoms with van der Waals surface area (Å²) in [5, 5.41) is 0. The van der Waals surface area contributed by atoms with Gasteiger partial charge in [-0.1, -0.05) is 6.92 Å². The molecule has 5 heteroatoms. The summed E-state index contributed by atoms with van der Waals surface area (Å²) in [5.74, 6) is 1.52. The van der Waals surface area contributed by atoms with Gasteiger partial charge in [0.15, 0.2) is 0 Å². The molecule has 0 aromatic heterocycles. The Morgan fingerprint density at radius 2 is 1.72 bits per heavy atom.